The molecule has 0 spiro atoms. The second kappa shape index (κ2) is 14.5. The lowest BCUT2D eigenvalue weighted by Gasteiger charge is -2.28. The first-order valence-electron chi connectivity index (χ1n) is 11.7. The highest BCUT2D eigenvalue weighted by atomic mass is 16.5. The lowest BCUT2D eigenvalue weighted by molar-refractivity contribution is 0.0881. The third-order valence-corrected chi connectivity index (χ3v) is 5.39. The highest BCUT2D eigenvalue weighted by Crippen LogP contribution is 2.33. The van der Waals surface area contributed by atoms with E-state index in [2.05, 4.69) is 18.8 Å². The van der Waals surface area contributed by atoms with Gasteiger partial charge in [-0.1, -0.05) is 39.5 Å². The van der Waals surface area contributed by atoms with Crippen molar-refractivity contribution in [1.82, 2.24) is 15.0 Å². The normalized spacial score (nSPS) is 15.4. The van der Waals surface area contributed by atoms with Crippen LogP contribution in [0.5, 0.6) is 0 Å². The summed E-state index contributed by atoms with van der Waals surface area (Å²) < 4.78 is 16.9. The number of ether oxygens (including phenoxy) is 3. The summed E-state index contributed by atoms with van der Waals surface area (Å²) in [7, 11) is 1.64. The Morgan fingerprint density at radius 3 is 2.13 bits per heavy atom. The van der Waals surface area contributed by atoms with Gasteiger partial charge in [0.1, 0.15) is 32.2 Å². The van der Waals surface area contributed by atoms with Crippen LogP contribution in [-0.2, 0) is 14.2 Å². The molecule has 1 unspecified atom stereocenters. The van der Waals surface area contributed by atoms with Crippen LogP contribution in [0.3, 0.4) is 0 Å². The van der Waals surface area contributed by atoms with Gasteiger partial charge in [-0.3, -0.25) is 9.80 Å². The zero-order valence-electron chi connectivity index (χ0n) is 19.8. The zero-order chi connectivity index (χ0) is 22.5. The summed E-state index contributed by atoms with van der Waals surface area (Å²) in [6, 6.07) is 0. The Kier molecular flexibility index (Phi) is 12.0. The third-order valence-electron chi connectivity index (χ3n) is 5.39. The molecule has 1 aromatic rings. The van der Waals surface area contributed by atoms with Crippen molar-refractivity contribution in [3.63, 3.8) is 0 Å². The molecule has 1 saturated carbocycles. The van der Waals surface area contributed by atoms with Crippen LogP contribution in [0.25, 0.3) is 0 Å². The number of nitrogens with zero attached hydrogens (tertiary/aromatic N) is 5. The first-order chi connectivity index (χ1) is 15.1. The first kappa shape index (κ1) is 25.7. The first-order valence-corrected chi connectivity index (χ1v) is 11.7. The summed E-state index contributed by atoms with van der Waals surface area (Å²) in [5, 5.41) is 10.4. The predicted octanol–water partition coefficient (Wildman–Crippen LogP) is 3.63. The average molecular weight is 440 g/mol. The maximum absolute atomic E-state index is 10.4. The molecule has 9 nitrogen and oxygen atoms in total. The molecule has 0 aromatic carbocycles. The van der Waals surface area contributed by atoms with E-state index in [0.717, 1.165) is 44.3 Å². The van der Waals surface area contributed by atoms with Gasteiger partial charge in [-0.25, -0.2) is 0 Å². The van der Waals surface area contributed by atoms with Crippen molar-refractivity contribution >= 4 is 11.9 Å². The Morgan fingerprint density at radius 2 is 1.55 bits per heavy atom. The van der Waals surface area contributed by atoms with Gasteiger partial charge in [0.25, 0.3) is 0 Å². The number of unbranched alkanes of at least 4 members (excludes halogenated alkanes) is 2. The fourth-order valence-corrected chi connectivity index (χ4v) is 3.48. The molecule has 0 bridgehead atoms. The van der Waals surface area contributed by atoms with E-state index in [0.29, 0.717) is 44.5 Å². The monoisotopic (exact) mass is 439 g/mol. The van der Waals surface area contributed by atoms with Gasteiger partial charge in [-0.15, -0.1) is 0 Å². The maximum atomic E-state index is 10.4. The van der Waals surface area contributed by atoms with E-state index in [1.807, 2.05) is 4.90 Å². The fraction of sp³-hybridized carbons (Fsp3) is 0.864. The number of aliphatic hydroxyl groups excluding tert-OH is 1. The summed E-state index contributed by atoms with van der Waals surface area (Å²) in [6.45, 7) is 8.13. The van der Waals surface area contributed by atoms with E-state index in [1.165, 1.54) is 12.8 Å². The quantitative estimate of drug-likeness (QED) is 0.306. The predicted molar refractivity (Wildman–Crippen MR) is 121 cm³/mol. The van der Waals surface area contributed by atoms with Gasteiger partial charge in [0.15, 0.2) is 0 Å². The molecule has 0 aliphatic heterocycles. The largest absolute Gasteiger partial charge is 0.374 e. The minimum Gasteiger partial charge on any atom is -0.374 e. The lowest BCUT2D eigenvalue weighted by Crippen LogP contribution is -2.38. The van der Waals surface area contributed by atoms with Gasteiger partial charge < -0.3 is 19.3 Å². The van der Waals surface area contributed by atoms with E-state index in [-0.39, 0.29) is 6.73 Å². The molecule has 1 atom stereocenters. The molecule has 1 heterocycles. The van der Waals surface area contributed by atoms with Crippen LogP contribution in [-0.4, -0.2) is 66.8 Å². The highest BCUT2D eigenvalue weighted by Gasteiger charge is 2.26. The van der Waals surface area contributed by atoms with Gasteiger partial charge >= 0.3 is 0 Å². The Labute approximate surface area is 187 Å². The van der Waals surface area contributed by atoms with Crippen molar-refractivity contribution in [1.29, 1.82) is 0 Å². The van der Waals surface area contributed by atoms with Gasteiger partial charge in [0, 0.05) is 26.2 Å². The number of hydrogen-bond acceptors (Lipinski definition) is 9. The van der Waals surface area contributed by atoms with Crippen LogP contribution in [0.2, 0.25) is 0 Å². The van der Waals surface area contributed by atoms with E-state index in [4.69, 9.17) is 24.2 Å². The van der Waals surface area contributed by atoms with Gasteiger partial charge in [-0.05, 0) is 32.6 Å². The number of aliphatic hydroxyl groups is 1. The second-order valence-electron chi connectivity index (χ2n) is 8.12. The molecular formula is C22H41N5O4. The molecule has 1 N–H and O–H groups in total. The van der Waals surface area contributed by atoms with Crippen molar-refractivity contribution in [2.75, 3.05) is 50.3 Å². The third kappa shape index (κ3) is 8.48. The summed E-state index contributed by atoms with van der Waals surface area (Å²) in [5.74, 6) is 2.01. The standard InChI is InChI=1S/C22H41N5O4/c1-5-7-13-30-16-26(15-29-4)21-23-20(19-11-9-10-12-19)24-22(25-21)27(18(3)28)17-31-14-8-6-2/h18-19,28H,5-17H2,1-4H3. The molecule has 178 valence electrons. The van der Waals surface area contributed by atoms with Gasteiger partial charge in [-0.2, -0.15) is 15.0 Å². The Morgan fingerprint density at radius 1 is 0.935 bits per heavy atom. The van der Waals surface area contributed by atoms with Crippen molar-refractivity contribution in [3.05, 3.63) is 5.82 Å². The van der Waals surface area contributed by atoms with Crippen molar-refractivity contribution in [2.24, 2.45) is 0 Å². The number of rotatable bonds is 16. The SMILES string of the molecule is CCCCOCN(COC)c1nc(C2CCCC2)nc(N(COCCCC)C(C)O)n1. The van der Waals surface area contributed by atoms with Gasteiger partial charge in [0.2, 0.25) is 11.9 Å². The average Bonchev–Trinajstić information content (AvgIpc) is 3.30. The molecule has 0 saturated heterocycles. The molecule has 1 fully saturated rings. The highest BCUT2D eigenvalue weighted by molar-refractivity contribution is 5.39. The van der Waals surface area contributed by atoms with Gasteiger partial charge in [0.05, 0.1) is 0 Å². The van der Waals surface area contributed by atoms with Crippen LogP contribution in [0.15, 0.2) is 0 Å². The number of methoxy groups -OCH3 is 1. The van der Waals surface area contributed by atoms with Crippen LogP contribution in [0, 0.1) is 0 Å². The minimum absolute atomic E-state index is 0.225. The summed E-state index contributed by atoms with van der Waals surface area (Å²) in [5.41, 5.74) is 0. The topological polar surface area (TPSA) is 93.1 Å². The molecule has 1 aromatic heterocycles. The maximum Gasteiger partial charge on any atom is 0.234 e. The molecular weight excluding hydrogens is 398 g/mol. The Balaban J connectivity index is 2.28. The molecule has 31 heavy (non-hydrogen) atoms. The van der Waals surface area contributed by atoms with Crippen LogP contribution >= 0.6 is 0 Å². The lowest BCUT2D eigenvalue weighted by atomic mass is 10.1. The molecule has 9 heteroatoms. The van der Waals surface area contributed by atoms with E-state index in [1.54, 1.807) is 18.9 Å². The Hall–Kier alpha value is -1.55. The minimum atomic E-state index is -0.787. The fourth-order valence-electron chi connectivity index (χ4n) is 3.48. The van der Waals surface area contributed by atoms with E-state index < -0.39 is 6.23 Å². The van der Waals surface area contributed by atoms with Crippen molar-refractivity contribution < 1.29 is 19.3 Å². The number of hydrogen-bond donors (Lipinski definition) is 1. The molecule has 2 rings (SSSR count). The summed E-state index contributed by atoms with van der Waals surface area (Å²) in [4.78, 5) is 17.7. The van der Waals surface area contributed by atoms with Crippen LogP contribution < -0.4 is 9.80 Å². The number of aromatic nitrogens is 3. The molecule has 0 radical (unpaired) electrons. The van der Waals surface area contributed by atoms with Crippen molar-refractivity contribution in [3.8, 4) is 0 Å². The molecule has 0 amide bonds. The molecule has 1 aliphatic rings. The second-order valence-corrected chi connectivity index (χ2v) is 8.12. The van der Waals surface area contributed by atoms with E-state index in [9.17, 15) is 5.11 Å². The van der Waals surface area contributed by atoms with Crippen molar-refractivity contribution in [2.45, 2.75) is 84.3 Å². The smallest absolute Gasteiger partial charge is 0.234 e. The van der Waals surface area contributed by atoms with Crippen LogP contribution in [0.4, 0.5) is 11.9 Å². The number of anilines is 2. The summed E-state index contributed by atoms with van der Waals surface area (Å²) in [6.07, 6.45) is 7.83. The van der Waals surface area contributed by atoms with E-state index >= 15 is 0 Å². The van der Waals surface area contributed by atoms with Crippen LogP contribution in [0.1, 0.15) is 83.9 Å². The molecule has 1 aliphatic carbocycles. The summed E-state index contributed by atoms with van der Waals surface area (Å²) >= 11 is 0. The zero-order valence-corrected chi connectivity index (χ0v) is 19.8. The Bertz CT molecular complexity index is 614.